The van der Waals surface area contributed by atoms with Crippen molar-refractivity contribution in [3.05, 3.63) is 29.3 Å². The Balaban J connectivity index is 2.04. The highest BCUT2D eigenvalue weighted by Gasteiger charge is 2.19. The Morgan fingerprint density at radius 2 is 2.06 bits per heavy atom. The van der Waals surface area contributed by atoms with Crippen molar-refractivity contribution in [2.75, 3.05) is 14.2 Å². The Morgan fingerprint density at radius 3 is 2.67 bits per heavy atom. The highest BCUT2D eigenvalue weighted by molar-refractivity contribution is 5.37. The molecule has 2 N–H and O–H groups in total. The van der Waals surface area contributed by atoms with E-state index < -0.39 is 0 Å². The quantitative estimate of drug-likeness (QED) is 0.870. The number of hydrogen-bond donors (Lipinski definition) is 1. The number of methoxy groups -OCH3 is 1. The highest BCUT2D eigenvalue weighted by atomic mass is 16.5. The van der Waals surface area contributed by atoms with Crippen LogP contribution < -0.4 is 10.5 Å². The topological polar surface area (TPSA) is 38.5 Å². The van der Waals surface area contributed by atoms with E-state index in [1.807, 2.05) is 6.07 Å². The van der Waals surface area contributed by atoms with Crippen molar-refractivity contribution in [2.24, 2.45) is 5.73 Å². The Bertz CT molecular complexity index is 386. The van der Waals surface area contributed by atoms with Crippen LogP contribution in [-0.4, -0.2) is 25.1 Å². The second kappa shape index (κ2) is 6.21. The van der Waals surface area contributed by atoms with Gasteiger partial charge in [-0.15, -0.1) is 0 Å². The smallest absolute Gasteiger partial charge is 0.123 e. The standard InChI is InChI=1S/C15H24N2O/c1-17(14-5-3-4-6-14)11-12-7-8-15(18-2)13(9-12)10-16/h7-9,14H,3-6,10-11,16H2,1-2H3. The first kappa shape index (κ1) is 13.4. The predicted molar refractivity (Wildman–Crippen MR) is 74.6 cm³/mol. The summed E-state index contributed by atoms with van der Waals surface area (Å²) in [7, 11) is 3.92. The van der Waals surface area contributed by atoms with Crippen LogP contribution in [0, 0.1) is 0 Å². The van der Waals surface area contributed by atoms with Crippen LogP contribution in [0.4, 0.5) is 0 Å². The van der Waals surface area contributed by atoms with Crippen molar-refractivity contribution in [2.45, 2.75) is 44.8 Å². The molecule has 3 nitrogen and oxygen atoms in total. The van der Waals surface area contributed by atoms with Gasteiger partial charge in [-0.05, 0) is 37.6 Å². The Morgan fingerprint density at radius 1 is 1.33 bits per heavy atom. The fourth-order valence-corrected chi connectivity index (χ4v) is 2.85. The lowest BCUT2D eigenvalue weighted by molar-refractivity contribution is 0.237. The minimum absolute atomic E-state index is 0.532. The summed E-state index contributed by atoms with van der Waals surface area (Å²) < 4.78 is 5.30. The van der Waals surface area contributed by atoms with E-state index in [9.17, 15) is 0 Å². The maximum atomic E-state index is 5.75. The van der Waals surface area contributed by atoms with Crippen molar-refractivity contribution < 1.29 is 4.74 Å². The molecule has 0 bridgehead atoms. The monoisotopic (exact) mass is 248 g/mol. The molecule has 1 saturated carbocycles. The molecule has 0 unspecified atom stereocenters. The third-order valence-electron chi connectivity index (χ3n) is 3.94. The maximum absolute atomic E-state index is 5.75. The molecule has 1 aromatic rings. The third kappa shape index (κ3) is 3.03. The summed E-state index contributed by atoms with van der Waals surface area (Å²) in [4.78, 5) is 2.47. The predicted octanol–water partition coefficient (Wildman–Crippen LogP) is 2.53. The first-order chi connectivity index (χ1) is 8.74. The van der Waals surface area contributed by atoms with E-state index in [4.69, 9.17) is 10.5 Å². The van der Waals surface area contributed by atoms with Gasteiger partial charge in [0, 0.05) is 24.7 Å². The lowest BCUT2D eigenvalue weighted by atomic mass is 10.1. The van der Waals surface area contributed by atoms with Crippen molar-refractivity contribution in [3.8, 4) is 5.75 Å². The Kier molecular flexibility index (Phi) is 4.61. The van der Waals surface area contributed by atoms with Crippen LogP contribution in [0.5, 0.6) is 5.75 Å². The molecule has 0 aliphatic heterocycles. The van der Waals surface area contributed by atoms with Crippen LogP contribution in [0.15, 0.2) is 18.2 Å². The summed E-state index contributed by atoms with van der Waals surface area (Å²) in [5.41, 5.74) is 8.17. The van der Waals surface area contributed by atoms with Gasteiger partial charge < -0.3 is 10.5 Å². The lowest BCUT2D eigenvalue weighted by Crippen LogP contribution is -2.28. The molecule has 0 heterocycles. The molecule has 0 atom stereocenters. The fraction of sp³-hybridized carbons (Fsp3) is 0.600. The summed E-state index contributed by atoms with van der Waals surface area (Å²) >= 11 is 0. The zero-order valence-electron chi connectivity index (χ0n) is 11.5. The second-order valence-electron chi connectivity index (χ2n) is 5.20. The molecule has 0 radical (unpaired) electrons. The first-order valence-corrected chi connectivity index (χ1v) is 6.80. The van der Waals surface area contributed by atoms with Crippen molar-refractivity contribution in [1.82, 2.24) is 4.90 Å². The normalized spacial score (nSPS) is 16.4. The first-order valence-electron chi connectivity index (χ1n) is 6.80. The van der Waals surface area contributed by atoms with Gasteiger partial charge in [0.25, 0.3) is 0 Å². The third-order valence-corrected chi connectivity index (χ3v) is 3.94. The van der Waals surface area contributed by atoms with Crippen LogP contribution in [0.25, 0.3) is 0 Å². The van der Waals surface area contributed by atoms with Crippen molar-refractivity contribution >= 4 is 0 Å². The van der Waals surface area contributed by atoms with Gasteiger partial charge >= 0.3 is 0 Å². The summed E-state index contributed by atoms with van der Waals surface area (Å²) in [5, 5.41) is 0. The van der Waals surface area contributed by atoms with Crippen LogP contribution in [0.3, 0.4) is 0 Å². The molecule has 0 spiro atoms. The van der Waals surface area contributed by atoms with E-state index in [1.54, 1.807) is 7.11 Å². The minimum Gasteiger partial charge on any atom is -0.496 e. The van der Waals surface area contributed by atoms with Crippen LogP contribution in [0.2, 0.25) is 0 Å². The van der Waals surface area contributed by atoms with E-state index in [2.05, 4.69) is 24.1 Å². The maximum Gasteiger partial charge on any atom is 0.123 e. The molecular weight excluding hydrogens is 224 g/mol. The van der Waals surface area contributed by atoms with Gasteiger partial charge in [-0.25, -0.2) is 0 Å². The van der Waals surface area contributed by atoms with Gasteiger partial charge in [-0.3, -0.25) is 4.90 Å². The molecular formula is C15H24N2O. The number of nitrogens with two attached hydrogens (primary N) is 1. The SMILES string of the molecule is COc1ccc(CN(C)C2CCCC2)cc1CN. The largest absolute Gasteiger partial charge is 0.496 e. The van der Waals surface area contributed by atoms with Crippen LogP contribution in [0.1, 0.15) is 36.8 Å². The lowest BCUT2D eigenvalue weighted by Gasteiger charge is -2.24. The summed E-state index contributed by atoms with van der Waals surface area (Å²) in [6, 6.07) is 7.10. The van der Waals surface area contributed by atoms with Crippen molar-refractivity contribution in [1.29, 1.82) is 0 Å². The Hall–Kier alpha value is -1.06. The van der Waals surface area contributed by atoms with Gasteiger partial charge in [0.2, 0.25) is 0 Å². The molecule has 100 valence electrons. The number of ether oxygens (including phenoxy) is 1. The molecule has 2 rings (SSSR count). The molecule has 0 amide bonds. The van der Waals surface area contributed by atoms with E-state index >= 15 is 0 Å². The van der Waals surface area contributed by atoms with Gasteiger partial charge in [0.15, 0.2) is 0 Å². The van der Waals surface area contributed by atoms with E-state index in [0.717, 1.165) is 23.9 Å². The molecule has 18 heavy (non-hydrogen) atoms. The van der Waals surface area contributed by atoms with Gasteiger partial charge in [0.05, 0.1) is 7.11 Å². The molecule has 0 aromatic heterocycles. The molecule has 1 aliphatic carbocycles. The average molecular weight is 248 g/mol. The summed E-state index contributed by atoms with van der Waals surface area (Å²) in [5.74, 6) is 0.893. The molecule has 0 saturated heterocycles. The highest BCUT2D eigenvalue weighted by Crippen LogP contribution is 2.25. The van der Waals surface area contributed by atoms with E-state index in [0.29, 0.717) is 6.54 Å². The van der Waals surface area contributed by atoms with E-state index in [-0.39, 0.29) is 0 Å². The number of nitrogens with zero attached hydrogens (tertiary/aromatic N) is 1. The molecule has 3 heteroatoms. The number of hydrogen-bond acceptors (Lipinski definition) is 3. The molecule has 1 fully saturated rings. The van der Waals surface area contributed by atoms with Crippen LogP contribution >= 0.6 is 0 Å². The zero-order valence-corrected chi connectivity index (χ0v) is 11.5. The van der Waals surface area contributed by atoms with Gasteiger partial charge in [-0.2, -0.15) is 0 Å². The van der Waals surface area contributed by atoms with Gasteiger partial charge in [-0.1, -0.05) is 18.9 Å². The molecule has 1 aliphatic rings. The summed E-state index contributed by atoms with van der Waals surface area (Å²) in [6.07, 6.45) is 5.45. The van der Waals surface area contributed by atoms with Gasteiger partial charge in [0.1, 0.15) is 5.75 Å². The number of benzene rings is 1. The fourth-order valence-electron chi connectivity index (χ4n) is 2.85. The summed E-state index contributed by atoms with van der Waals surface area (Å²) in [6.45, 7) is 1.53. The van der Waals surface area contributed by atoms with E-state index in [1.165, 1.54) is 31.2 Å². The van der Waals surface area contributed by atoms with Crippen molar-refractivity contribution in [3.63, 3.8) is 0 Å². The molecule has 1 aromatic carbocycles. The zero-order chi connectivity index (χ0) is 13.0. The minimum atomic E-state index is 0.532. The van der Waals surface area contributed by atoms with Crippen LogP contribution in [-0.2, 0) is 13.1 Å². The second-order valence-corrected chi connectivity index (χ2v) is 5.20. The average Bonchev–Trinajstić information content (AvgIpc) is 2.92. The number of rotatable bonds is 5. The Labute approximate surface area is 110 Å².